The van der Waals surface area contributed by atoms with E-state index >= 15 is 0 Å². The molecule has 1 atom stereocenters. The molecule has 0 radical (unpaired) electrons. The Morgan fingerprint density at radius 2 is 1.75 bits per heavy atom. The van der Waals surface area contributed by atoms with Gasteiger partial charge in [0, 0.05) is 13.2 Å². The van der Waals surface area contributed by atoms with Crippen LogP contribution in [0, 0.1) is 0 Å². The lowest BCUT2D eigenvalue weighted by Gasteiger charge is -2.37. The summed E-state index contributed by atoms with van der Waals surface area (Å²) in [6.45, 7) is 3.26. The van der Waals surface area contributed by atoms with Crippen LogP contribution in [0.4, 0.5) is 0 Å². The summed E-state index contributed by atoms with van der Waals surface area (Å²) in [5.41, 5.74) is 1.51. The number of ether oxygens (including phenoxy) is 3. The van der Waals surface area contributed by atoms with E-state index in [1.807, 2.05) is 48.5 Å². The number of carbonyl (C=O) groups is 1. The fourth-order valence-electron chi connectivity index (χ4n) is 3.91. The van der Waals surface area contributed by atoms with Crippen LogP contribution in [-0.2, 0) is 14.9 Å². The van der Waals surface area contributed by atoms with E-state index in [2.05, 4.69) is 12.2 Å². The third kappa shape index (κ3) is 3.99. The minimum atomic E-state index is -0.552. The van der Waals surface area contributed by atoms with Crippen LogP contribution in [-0.4, -0.2) is 33.3 Å². The fraction of sp³-hybridized carbons (Fsp3) is 0.435. The molecule has 1 aliphatic rings. The Labute approximate surface area is 167 Å². The maximum Gasteiger partial charge on any atom is 0.231 e. The predicted molar refractivity (Wildman–Crippen MR) is 109 cm³/mol. The highest BCUT2D eigenvalue weighted by molar-refractivity contribution is 5.88. The van der Waals surface area contributed by atoms with Crippen molar-refractivity contribution in [1.82, 2.24) is 5.32 Å². The van der Waals surface area contributed by atoms with Gasteiger partial charge >= 0.3 is 0 Å². The van der Waals surface area contributed by atoms with Gasteiger partial charge in [-0.1, -0.05) is 43.3 Å². The number of rotatable bonds is 7. The summed E-state index contributed by atoms with van der Waals surface area (Å²) < 4.78 is 16.3. The summed E-state index contributed by atoms with van der Waals surface area (Å²) >= 11 is 0. The largest absolute Gasteiger partial charge is 0.493 e. The molecule has 5 nitrogen and oxygen atoms in total. The molecule has 0 spiro atoms. The SMILES string of the molecule is CCC(NC(=O)C1(c2ccccc2)CCOCC1)c1ccc(OC)c(OC)c1. The van der Waals surface area contributed by atoms with Gasteiger partial charge in [0.2, 0.25) is 5.91 Å². The van der Waals surface area contributed by atoms with Crippen LogP contribution in [0.2, 0.25) is 0 Å². The lowest BCUT2D eigenvalue weighted by atomic mass is 9.73. The molecular weight excluding hydrogens is 354 g/mol. The van der Waals surface area contributed by atoms with Crippen LogP contribution in [0.1, 0.15) is 43.4 Å². The summed E-state index contributed by atoms with van der Waals surface area (Å²) in [5, 5.41) is 3.29. The van der Waals surface area contributed by atoms with Crippen molar-refractivity contribution in [2.45, 2.75) is 37.6 Å². The van der Waals surface area contributed by atoms with Crippen LogP contribution < -0.4 is 14.8 Å². The summed E-state index contributed by atoms with van der Waals surface area (Å²) in [7, 11) is 3.24. The van der Waals surface area contributed by atoms with Gasteiger partial charge in [0.25, 0.3) is 0 Å². The smallest absolute Gasteiger partial charge is 0.231 e. The standard InChI is InChI=1S/C23H29NO4/c1-4-19(17-10-11-20(26-2)21(16-17)27-3)24-22(25)23(12-14-28-15-13-23)18-8-6-5-7-9-18/h5-11,16,19H,4,12-15H2,1-3H3,(H,24,25). The molecular formula is C23H29NO4. The molecule has 2 aromatic rings. The summed E-state index contributed by atoms with van der Waals surface area (Å²) in [6.07, 6.45) is 2.15. The van der Waals surface area contributed by atoms with Crippen LogP contribution >= 0.6 is 0 Å². The topological polar surface area (TPSA) is 56.8 Å². The summed E-state index contributed by atoms with van der Waals surface area (Å²) in [5.74, 6) is 1.40. The van der Waals surface area contributed by atoms with Crippen molar-refractivity contribution in [1.29, 1.82) is 0 Å². The molecule has 0 aliphatic carbocycles. The Morgan fingerprint density at radius 1 is 1.07 bits per heavy atom. The van der Waals surface area contributed by atoms with Crippen molar-refractivity contribution >= 4 is 5.91 Å². The normalized spacial score (nSPS) is 16.8. The maximum atomic E-state index is 13.5. The zero-order valence-electron chi connectivity index (χ0n) is 16.9. The van der Waals surface area contributed by atoms with E-state index in [-0.39, 0.29) is 11.9 Å². The molecule has 1 heterocycles. The molecule has 1 N–H and O–H groups in total. The second-order valence-corrected chi connectivity index (χ2v) is 7.11. The number of hydrogen-bond donors (Lipinski definition) is 1. The minimum absolute atomic E-state index is 0.0589. The second kappa shape index (κ2) is 9.11. The van der Waals surface area contributed by atoms with Gasteiger partial charge < -0.3 is 19.5 Å². The average Bonchev–Trinajstić information content (AvgIpc) is 2.77. The van der Waals surface area contributed by atoms with Crippen LogP contribution in [0.25, 0.3) is 0 Å². The first-order valence-corrected chi connectivity index (χ1v) is 9.80. The molecule has 0 bridgehead atoms. The Hall–Kier alpha value is -2.53. The summed E-state index contributed by atoms with van der Waals surface area (Å²) in [4.78, 5) is 13.5. The zero-order valence-corrected chi connectivity index (χ0v) is 16.9. The Morgan fingerprint density at radius 3 is 2.36 bits per heavy atom. The van der Waals surface area contributed by atoms with Gasteiger partial charge in [-0.3, -0.25) is 4.79 Å². The highest BCUT2D eigenvalue weighted by Gasteiger charge is 2.42. The fourth-order valence-corrected chi connectivity index (χ4v) is 3.91. The van der Waals surface area contributed by atoms with E-state index in [1.54, 1.807) is 14.2 Å². The average molecular weight is 383 g/mol. The minimum Gasteiger partial charge on any atom is -0.493 e. The zero-order chi connectivity index (χ0) is 20.0. The molecule has 1 amide bonds. The van der Waals surface area contributed by atoms with E-state index in [1.165, 1.54) is 0 Å². The van der Waals surface area contributed by atoms with Gasteiger partial charge in [0.15, 0.2) is 11.5 Å². The molecule has 1 aliphatic heterocycles. The number of amides is 1. The van der Waals surface area contributed by atoms with Crippen LogP contribution in [0.5, 0.6) is 11.5 Å². The van der Waals surface area contributed by atoms with E-state index in [0.29, 0.717) is 37.6 Å². The van der Waals surface area contributed by atoms with Crippen LogP contribution in [0.3, 0.4) is 0 Å². The van der Waals surface area contributed by atoms with Crippen LogP contribution in [0.15, 0.2) is 48.5 Å². The Bertz CT molecular complexity index is 784. The van der Waals surface area contributed by atoms with Gasteiger partial charge in [0.05, 0.1) is 25.7 Å². The maximum absolute atomic E-state index is 13.5. The number of nitrogens with one attached hydrogen (secondary N) is 1. The monoisotopic (exact) mass is 383 g/mol. The molecule has 5 heteroatoms. The lowest BCUT2D eigenvalue weighted by molar-refractivity contribution is -0.131. The van der Waals surface area contributed by atoms with Crippen molar-refractivity contribution in [3.8, 4) is 11.5 Å². The highest BCUT2D eigenvalue weighted by atomic mass is 16.5. The Balaban J connectivity index is 1.88. The second-order valence-electron chi connectivity index (χ2n) is 7.11. The third-order valence-corrected chi connectivity index (χ3v) is 5.63. The highest BCUT2D eigenvalue weighted by Crippen LogP contribution is 2.37. The van der Waals surface area contributed by atoms with Gasteiger partial charge in [-0.05, 0) is 42.5 Å². The third-order valence-electron chi connectivity index (χ3n) is 5.63. The van der Waals surface area contributed by atoms with Gasteiger partial charge in [-0.25, -0.2) is 0 Å². The van der Waals surface area contributed by atoms with Gasteiger partial charge in [-0.2, -0.15) is 0 Å². The Kier molecular flexibility index (Phi) is 6.57. The molecule has 1 unspecified atom stereocenters. The predicted octanol–water partition coefficient (Wildman–Crippen LogP) is 4.02. The molecule has 1 saturated heterocycles. The van der Waals surface area contributed by atoms with Crippen molar-refractivity contribution in [3.05, 3.63) is 59.7 Å². The molecule has 0 saturated carbocycles. The number of methoxy groups -OCH3 is 2. The van der Waals surface area contributed by atoms with Crippen molar-refractivity contribution < 1.29 is 19.0 Å². The molecule has 1 fully saturated rings. The molecule has 3 rings (SSSR count). The van der Waals surface area contributed by atoms with E-state index in [0.717, 1.165) is 17.5 Å². The first-order chi connectivity index (χ1) is 13.6. The first kappa shape index (κ1) is 20.2. The number of carbonyl (C=O) groups excluding carboxylic acids is 1. The molecule has 2 aromatic carbocycles. The van der Waals surface area contributed by atoms with Crippen molar-refractivity contribution in [3.63, 3.8) is 0 Å². The van der Waals surface area contributed by atoms with Gasteiger partial charge in [-0.15, -0.1) is 0 Å². The first-order valence-electron chi connectivity index (χ1n) is 9.80. The summed E-state index contributed by atoms with van der Waals surface area (Å²) in [6, 6.07) is 15.7. The quantitative estimate of drug-likeness (QED) is 0.785. The number of hydrogen-bond acceptors (Lipinski definition) is 4. The van der Waals surface area contributed by atoms with Gasteiger partial charge in [0.1, 0.15) is 0 Å². The van der Waals surface area contributed by atoms with E-state index in [9.17, 15) is 4.79 Å². The van der Waals surface area contributed by atoms with Crippen molar-refractivity contribution in [2.75, 3.05) is 27.4 Å². The lowest BCUT2D eigenvalue weighted by Crippen LogP contribution is -2.48. The molecule has 0 aromatic heterocycles. The van der Waals surface area contributed by atoms with E-state index < -0.39 is 5.41 Å². The molecule has 150 valence electrons. The van der Waals surface area contributed by atoms with E-state index in [4.69, 9.17) is 14.2 Å². The molecule has 28 heavy (non-hydrogen) atoms. The van der Waals surface area contributed by atoms with Crippen molar-refractivity contribution in [2.24, 2.45) is 0 Å². The number of benzene rings is 2.